The lowest BCUT2D eigenvalue weighted by molar-refractivity contribution is 0.0818. The van der Waals surface area contributed by atoms with Crippen molar-refractivity contribution in [3.63, 3.8) is 0 Å². The fourth-order valence-electron chi connectivity index (χ4n) is 1.88. The topological polar surface area (TPSA) is 54.7 Å². The van der Waals surface area contributed by atoms with Crippen LogP contribution >= 0.6 is 0 Å². The lowest BCUT2D eigenvalue weighted by Crippen LogP contribution is -2.36. The predicted octanol–water partition coefficient (Wildman–Crippen LogP) is 2.18. The molecule has 2 aromatic rings. The third-order valence-electron chi connectivity index (χ3n) is 2.68. The van der Waals surface area contributed by atoms with Crippen LogP contribution in [-0.4, -0.2) is 31.6 Å². The van der Waals surface area contributed by atoms with Gasteiger partial charge in [-0.3, -0.25) is 10.2 Å². The molecular weight excluding hydrogens is 244 g/mol. The Hall–Kier alpha value is -1.85. The van der Waals surface area contributed by atoms with Crippen molar-refractivity contribution in [2.24, 2.45) is 0 Å². The molecule has 1 heterocycles. The van der Waals surface area contributed by atoms with Gasteiger partial charge in [-0.25, -0.2) is 5.01 Å². The van der Waals surface area contributed by atoms with Crippen molar-refractivity contribution in [2.75, 3.05) is 20.7 Å². The van der Waals surface area contributed by atoms with E-state index in [1.165, 1.54) is 0 Å². The smallest absolute Gasteiger partial charge is 0.301 e. The first-order valence-electron chi connectivity index (χ1n) is 6.20. The highest BCUT2D eigenvalue weighted by Crippen LogP contribution is 2.26. The van der Waals surface area contributed by atoms with Crippen molar-refractivity contribution in [3.8, 4) is 0 Å². The Morgan fingerprint density at radius 3 is 2.79 bits per heavy atom. The molecule has 0 aliphatic heterocycles. The standard InChI is InChI=1S/C14H18N2O3/c1-4-18-9-11-10-7-5-6-8-12(10)19-13(11)14(17)15-16(2)3/h5-8H,4,9H2,1-3H3,(H,15,17). The second kappa shape index (κ2) is 5.86. The molecule has 1 aromatic carbocycles. The zero-order valence-electron chi connectivity index (χ0n) is 11.4. The minimum absolute atomic E-state index is 0.268. The van der Waals surface area contributed by atoms with E-state index in [0.717, 1.165) is 10.9 Å². The van der Waals surface area contributed by atoms with E-state index >= 15 is 0 Å². The lowest BCUT2D eigenvalue weighted by Gasteiger charge is -2.11. The number of amides is 1. The number of hydrazine groups is 1. The van der Waals surface area contributed by atoms with Crippen LogP contribution in [0.4, 0.5) is 0 Å². The van der Waals surface area contributed by atoms with Crippen molar-refractivity contribution < 1.29 is 13.9 Å². The average Bonchev–Trinajstić information content (AvgIpc) is 2.74. The van der Waals surface area contributed by atoms with Crippen LogP contribution in [0.2, 0.25) is 0 Å². The van der Waals surface area contributed by atoms with E-state index in [4.69, 9.17) is 9.15 Å². The lowest BCUT2D eigenvalue weighted by atomic mass is 10.1. The van der Waals surface area contributed by atoms with Crippen LogP contribution in [0.3, 0.4) is 0 Å². The van der Waals surface area contributed by atoms with Crippen LogP contribution in [0, 0.1) is 0 Å². The first-order valence-corrected chi connectivity index (χ1v) is 6.20. The van der Waals surface area contributed by atoms with E-state index in [0.29, 0.717) is 24.6 Å². The number of carbonyl (C=O) groups excluding carboxylic acids is 1. The van der Waals surface area contributed by atoms with Crippen molar-refractivity contribution in [1.29, 1.82) is 0 Å². The summed E-state index contributed by atoms with van der Waals surface area (Å²) in [6.07, 6.45) is 0. The number of para-hydroxylation sites is 1. The van der Waals surface area contributed by atoms with Gasteiger partial charge in [-0.2, -0.15) is 0 Å². The second-order valence-electron chi connectivity index (χ2n) is 4.38. The Morgan fingerprint density at radius 1 is 1.37 bits per heavy atom. The van der Waals surface area contributed by atoms with Crippen molar-refractivity contribution in [2.45, 2.75) is 13.5 Å². The molecule has 0 aliphatic carbocycles. The van der Waals surface area contributed by atoms with Crippen LogP contribution in [0.1, 0.15) is 23.0 Å². The molecule has 5 nitrogen and oxygen atoms in total. The number of benzene rings is 1. The summed E-state index contributed by atoms with van der Waals surface area (Å²) in [5, 5.41) is 2.50. The van der Waals surface area contributed by atoms with E-state index in [2.05, 4.69) is 5.43 Å². The molecular formula is C14H18N2O3. The molecule has 0 bridgehead atoms. The molecule has 0 radical (unpaired) electrons. The maximum absolute atomic E-state index is 12.1. The van der Waals surface area contributed by atoms with E-state index in [9.17, 15) is 4.79 Å². The minimum atomic E-state index is -0.268. The number of furan rings is 1. The fraction of sp³-hybridized carbons (Fsp3) is 0.357. The molecule has 0 fully saturated rings. The summed E-state index contributed by atoms with van der Waals surface area (Å²) in [5.74, 6) is 0.0410. The van der Waals surface area contributed by atoms with E-state index < -0.39 is 0 Å². The largest absolute Gasteiger partial charge is 0.450 e. The fourth-order valence-corrected chi connectivity index (χ4v) is 1.88. The van der Waals surface area contributed by atoms with Crippen LogP contribution in [0.15, 0.2) is 28.7 Å². The minimum Gasteiger partial charge on any atom is -0.450 e. The van der Waals surface area contributed by atoms with Gasteiger partial charge in [-0.05, 0) is 13.0 Å². The molecule has 102 valence electrons. The summed E-state index contributed by atoms with van der Waals surface area (Å²) < 4.78 is 11.1. The molecule has 0 saturated heterocycles. The van der Waals surface area contributed by atoms with E-state index in [1.54, 1.807) is 19.1 Å². The van der Waals surface area contributed by atoms with E-state index in [1.807, 2.05) is 31.2 Å². The zero-order chi connectivity index (χ0) is 13.8. The molecule has 1 N–H and O–H groups in total. The normalized spacial score (nSPS) is 11.2. The summed E-state index contributed by atoms with van der Waals surface area (Å²) >= 11 is 0. The van der Waals surface area contributed by atoms with Crippen molar-refractivity contribution in [3.05, 3.63) is 35.6 Å². The molecule has 2 rings (SSSR count). The van der Waals surface area contributed by atoms with Gasteiger partial charge in [-0.15, -0.1) is 0 Å². The first kappa shape index (κ1) is 13.6. The molecule has 19 heavy (non-hydrogen) atoms. The van der Waals surface area contributed by atoms with E-state index in [-0.39, 0.29) is 5.91 Å². The molecule has 5 heteroatoms. The quantitative estimate of drug-likeness (QED) is 0.839. The molecule has 0 atom stereocenters. The average molecular weight is 262 g/mol. The van der Waals surface area contributed by atoms with Gasteiger partial charge in [0.05, 0.1) is 6.61 Å². The predicted molar refractivity (Wildman–Crippen MR) is 72.7 cm³/mol. The highest BCUT2D eigenvalue weighted by molar-refractivity contribution is 5.98. The van der Waals surface area contributed by atoms with Crippen molar-refractivity contribution in [1.82, 2.24) is 10.4 Å². The first-order chi connectivity index (χ1) is 9.13. The molecule has 0 saturated carbocycles. The monoisotopic (exact) mass is 262 g/mol. The van der Waals surface area contributed by atoms with Crippen LogP contribution in [-0.2, 0) is 11.3 Å². The van der Waals surface area contributed by atoms with Crippen molar-refractivity contribution >= 4 is 16.9 Å². The number of nitrogens with zero attached hydrogens (tertiary/aromatic N) is 1. The van der Waals surface area contributed by atoms with Crippen LogP contribution in [0.5, 0.6) is 0 Å². The van der Waals surface area contributed by atoms with Gasteiger partial charge in [0, 0.05) is 31.7 Å². The van der Waals surface area contributed by atoms with Gasteiger partial charge in [0.1, 0.15) is 5.58 Å². The Kier molecular flexibility index (Phi) is 4.19. The third-order valence-corrected chi connectivity index (χ3v) is 2.68. The Labute approximate surface area is 112 Å². The summed E-state index contributed by atoms with van der Waals surface area (Å²) in [6, 6.07) is 7.57. The summed E-state index contributed by atoms with van der Waals surface area (Å²) in [4.78, 5) is 12.1. The molecule has 0 spiro atoms. The molecule has 1 aromatic heterocycles. The van der Waals surface area contributed by atoms with Gasteiger partial charge < -0.3 is 9.15 Å². The Bertz CT molecular complexity index is 575. The second-order valence-corrected chi connectivity index (χ2v) is 4.38. The van der Waals surface area contributed by atoms with Gasteiger partial charge in [-0.1, -0.05) is 18.2 Å². The maximum Gasteiger partial charge on any atom is 0.301 e. The number of carbonyl (C=O) groups is 1. The van der Waals surface area contributed by atoms with Gasteiger partial charge in [0.2, 0.25) is 0 Å². The molecule has 0 aliphatic rings. The molecule has 1 amide bonds. The van der Waals surface area contributed by atoms with Gasteiger partial charge >= 0.3 is 5.91 Å². The summed E-state index contributed by atoms with van der Waals surface area (Å²) in [5.41, 5.74) is 4.17. The molecule has 0 unspecified atom stereocenters. The Morgan fingerprint density at radius 2 is 2.11 bits per heavy atom. The number of nitrogens with one attached hydrogen (secondary N) is 1. The SMILES string of the molecule is CCOCc1c(C(=O)NN(C)C)oc2ccccc12. The Balaban J connectivity index is 2.43. The number of rotatable bonds is 5. The summed E-state index contributed by atoms with van der Waals surface area (Å²) in [7, 11) is 3.51. The summed E-state index contributed by atoms with van der Waals surface area (Å²) in [6.45, 7) is 2.87. The number of hydrogen-bond donors (Lipinski definition) is 1. The van der Waals surface area contributed by atoms with Gasteiger partial charge in [0.15, 0.2) is 5.76 Å². The van der Waals surface area contributed by atoms with Gasteiger partial charge in [0.25, 0.3) is 0 Å². The number of ether oxygens (including phenoxy) is 1. The van der Waals surface area contributed by atoms with Crippen LogP contribution < -0.4 is 5.43 Å². The highest BCUT2D eigenvalue weighted by Gasteiger charge is 2.20. The highest BCUT2D eigenvalue weighted by atomic mass is 16.5. The zero-order valence-corrected chi connectivity index (χ0v) is 11.4. The third kappa shape index (κ3) is 2.94. The number of fused-ring (bicyclic) bond motifs is 1. The number of hydrogen-bond acceptors (Lipinski definition) is 4. The maximum atomic E-state index is 12.1. The van der Waals surface area contributed by atoms with Crippen LogP contribution in [0.25, 0.3) is 11.0 Å².